The first-order valence-electron chi connectivity index (χ1n) is 6.44. The summed E-state index contributed by atoms with van der Waals surface area (Å²) in [6, 6.07) is 8.21. The van der Waals surface area contributed by atoms with Crippen LogP contribution in [0, 0.1) is 0 Å². The fourth-order valence-electron chi connectivity index (χ4n) is 2.03. The fraction of sp³-hybridized carbons (Fsp3) is 0.500. The Bertz CT molecular complexity index is 438. The van der Waals surface area contributed by atoms with E-state index in [-0.39, 0.29) is 30.7 Å². The third-order valence-electron chi connectivity index (χ3n) is 3.58. The zero-order chi connectivity index (χ0) is 13.1. The third-order valence-corrected chi connectivity index (χ3v) is 3.58. The SMILES string of the molecule is CC(CNC(=O)c1ccccc1N)N(C)C1CC1.Cl.Cl. The van der Waals surface area contributed by atoms with E-state index in [2.05, 4.69) is 24.2 Å². The Morgan fingerprint density at radius 1 is 1.40 bits per heavy atom. The Balaban J connectivity index is 0.00000180. The number of amides is 1. The van der Waals surface area contributed by atoms with Crippen LogP contribution in [-0.2, 0) is 0 Å². The van der Waals surface area contributed by atoms with Gasteiger partial charge in [-0.05, 0) is 38.9 Å². The molecule has 2 rings (SSSR count). The number of halogens is 2. The molecule has 0 bridgehead atoms. The molecule has 0 aliphatic heterocycles. The van der Waals surface area contributed by atoms with Crippen LogP contribution in [-0.4, -0.2) is 36.5 Å². The number of carbonyl (C=O) groups is 1. The van der Waals surface area contributed by atoms with Gasteiger partial charge in [-0.15, -0.1) is 24.8 Å². The lowest BCUT2D eigenvalue weighted by atomic mass is 10.1. The zero-order valence-electron chi connectivity index (χ0n) is 11.8. The number of hydrogen-bond acceptors (Lipinski definition) is 3. The van der Waals surface area contributed by atoms with Crippen molar-refractivity contribution in [3.63, 3.8) is 0 Å². The first-order valence-corrected chi connectivity index (χ1v) is 6.44. The van der Waals surface area contributed by atoms with Crippen LogP contribution >= 0.6 is 24.8 Å². The number of nitrogens with two attached hydrogens (primary N) is 1. The molecule has 1 aromatic carbocycles. The Labute approximate surface area is 132 Å². The summed E-state index contributed by atoms with van der Waals surface area (Å²) >= 11 is 0. The van der Waals surface area contributed by atoms with Crippen LogP contribution in [0.1, 0.15) is 30.1 Å². The van der Waals surface area contributed by atoms with E-state index in [0.29, 0.717) is 29.9 Å². The molecule has 1 aromatic rings. The van der Waals surface area contributed by atoms with Gasteiger partial charge in [-0.1, -0.05) is 12.1 Å². The maximum Gasteiger partial charge on any atom is 0.253 e. The lowest BCUT2D eigenvalue weighted by Crippen LogP contribution is -2.41. The lowest BCUT2D eigenvalue weighted by Gasteiger charge is -2.24. The molecule has 1 aliphatic carbocycles. The number of likely N-dealkylation sites (N-methyl/N-ethyl adjacent to an activating group) is 1. The summed E-state index contributed by atoms with van der Waals surface area (Å²) in [5.74, 6) is -0.0934. The second-order valence-corrected chi connectivity index (χ2v) is 5.04. The predicted molar refractivity (Wildman–Crippen MR) is 87.9 cm³/mol. The predicted octanol–water partition coefficient (Wildman–Crippen LogP) is 2.32. The average molecular weight is 320 g/mol. The van der Waals surface area contributed by atoms with Crippen molar-refractivity contribution in [1.29, 1.82) is 0 Å². The minimum atomic E-state index is -0.0934. The first kappa shape index (κ1) is 19.0. The highest BCUT2D eigenvalue weighted by Gasteiger charge is 2.29. The molecule has 0 radical (unpaired) electrons. The van der Waals surface area contributed by atoms with Gasteiger partial charge < -0.3 is 11.1 Å². The molecule has 1 fully saturated rings. The maximum atomic E-state index is 12.0. The summed E-state index contributed by atoms with van der Waals surface area (Å²) in [6.07, 6.45) is 2.56. The van der Waals surface area contributed by atoms with Crippen molar-refractivity contribution in [1.82, 2.24) is 10.2 Å². The van der Waals surface area contributed by atoms with E-state index < -0.39 is 0 Å². The summed E-state index contributed by atoms with van der Waals surface area (Å²) in [5.41, 5.74) is 6.86. The summed E-state index contributed by atoms with van der Waals surface area (Å²) in [7, 11) is 2.12. The minimum Gasteiger partial charge on any atom is -0.398 e. The van der Waals surface area contributed by atoms with Crippen LogP contribution in [0.25, 0.3) is 0 Å². The normalized spacial score (nSPS) is 14.9. The number of hydrogen-bond donors (Lipinski definition) is 2. The largest absolute Gasteiger partial charge is 0.398 e. The summed E-state index contributed by atoms with van der Waals surface area (Å²) < 4.78 is 0. The highest BCUT2D eigenvalue weighted by Crippen LogP contribution is 2.26. The average Bonchev–Trinajstić information content (AvgIpc) is 3.19. The van der Waals surface area contributed by atoms with Gasteiger partial charge in [0.05, 0.1) is 5.56 Å². The van der Waals surface area contributed by atoms with Gasteiger partial charge in [0.2, 0.25) is 0 Å². The number of carbonyl (C=O) groups excluding carboxylic acids is 1. The highest BCUT2D eigenvalue weighted by molar-refractivity contribution is 5.99. The van der Waals surface area contributed by atoms with E-state index in [9.17, 15) is 4.79 Å². The van der Waals surface area contributed by atoms with Crippen molar-refractivity contribution in [3.05, 3.63) is 29.8 Å². The van der Waals surface area contributed by atoms with Crippen LogP contribution in [0.3, 0.4) is 0 Å². The molecule has 20 heavy (non-hydrogen) atoms. The minimum absolute atomic E-state index is 0. The molecule has 1 aliphatic rings. The smallest absolute Gasteiger partial charge is 0.253 e. The Morgan fingerprint density at radius 2 is 2.00 bits per heavy atom. The molecule has 4 nitrogen and oxygen atoms in total. The van der Waals surface area contributed by atoms with Gasteiger partial charge in [0.25, 0.3) is 5.91 Å². The van der Waals surface area contributed by atoms with Crippen molar-refractivity contribution >= 4 is 36.4 Å². The van der Waals surface area contributed by atoms with E-state index in [0.717, 1.165) is 0 Å². The van der Waals surface area contributed by atoms with E-state index in [1.54, 1.807) is 12.1 Å². The molecule has 6 heteroatoms. The van der Waals surface area contributed by atoms with Crippen molar-refractivity contribution in [2.75, 3.05) is 19.3 Å². The number of anilines is 1. The third kappa shape index (κ3) is 4.85. The molecular weight excluding hydrogens is 297 g/mol. The lowest BCUT2D eigenvalue weighted by molar-refractivity contribution is 0.0940. The van der Waals surface area contributed by atoms with Crippen LogP contribution in [0.15, 0.2) is 24.3 Å². The second kappa shape index (κ2) is 8.35. The van der Waals surface area contributed by atoms with Crippen molar-refractivity contribution < 1.29 is 4.79 Å². The van der Waals surface area contributed by atoms with E-state index >= 15 is 0 Å². The fourth-order valence-corrected chi connectivity index (χ4v) is 2.03. The van der Waals surface area contributed by atoms with E-state index in [4.69, 9.17) is 5.73 Å². The van der Waals surface area contributed by atoms with Gasteiger partial charge in [0.1, 0.15) is 0 Å². The van der Waals surface area contributed by atoms with Crippen LogP contribution < -0.4 is 11.1 Å². The zero-order valence-corrected chi connectivity index (χ0v) is 13.5. The van der Waals surface area contributed by atoms with Crippen LogP contribution in [0.2, 0.25) is 0 Å². The van der Waals surface area contributed by atoms with E-state index in [1.807, 2.05) is 12.1 Å². The number of benzene rings is 1. The number of rotatable bonds is 5. The molecular formula is C14H23Cl2N3O. The summed E-state index contributed by atoms with van der Waals surface area (Å²) in [5, 5.41) is 2.94. The topological polar surface area (TPSA) is 58.4 Å². The molecule has 1 amide bonds. The molecule has 3 N–H and O–H groups in total. The molecule has 0 spiro atoms. The number of para-hydroxylation sites is 1. The van der Waals surface area contributed by atoms with E-state index in [1.165, 1.54) is 12.8 Å². The monoisotopic (exact) mass is 319 g/mol. The van der Waals surface area contributed by atoms with Crippen molar-refractivity contribution in [2.45, 2.75) is 31.8 Å². The van der Waals surface area contributed by atoms with Gasteiger partial charge in [-0.3, -0.25) is 9.69 Å². The maximum absolute atomic E-state index is 12.0. The number of nitrogen functional groups attached to an aromatic ring is 1. The number of nitrogens with one attached hydrogen (secondary N) is 1. The molecule has 0 heterocycles. The Kier molecular flexibility index (Phi) is 7.94. The van der Waals surface area contributed by atoms with Crippen molar-refractivity contribution in [2.24, 2.45) is 0 Å². The molecule has 114 valence electrons. The molecule has 1 atom stereocenters. The van der Waals surface area contributed by atoms with Gasteiger partial charge in [0.15, 0.2) is 0 Å². The standard InChI is InChI=1S/C14H21N3O.2ClH/c1-10(17(2)11-7-8-11)9-16-14(18)12-5-3-4-6-13(12)15;;/h3-6,10-11H,7-9,15H2,1-2H3,(H,16,18);2*1H. The Hall–Kier alpha value is -0.970. The molecule has 0 aromatic heterocycles. The van der Waals surface area contributed by atoms with Crippen LogP contribution in [0.4, 0.5) is 5.69 Å². The quantitative estimate of drug-likeness (QED) is 0.819. The first-order chi connectivity index (χ1) is 8.59. The molecule has 0 saturated heterocycles. The van der Waals surface area contributed by atoms with Gasteiger partial charge in [0, 0.05) is 24.3 Å². The molecule has 1 saturated carbocycles. The summed E-state index contributed by atoms with van der Waals surface area (Å²) in [4.78, 5) is 14.3. The van der Waals surface area contributed by atoms with Crippen molar-refractivity contribution in [3.8, 4) is 0 Å². The highest BCUT2D eigenvalue weighted by atomic mass is 35.5. The number of nitrogens with zero attached hydrogens (tertiary/aromatic N) is 1. The summed E-state index contributed by atoms with van der Waals surface area (Å²) in [6.45, 7) is 2.78. The molecule has 1 unspecified atom stereocenters. The Morgan fingerprint density at radius 3 is 2.55 bits per heavy atom. The second-order valence-electron chi connectivity index (χ2n) is 5.04. The van der Waals surface area contributed by atoms with Gasteiger partial charge >= 0.3 is 0 Å². The van der Waals surface area contributed by atoms with Gasteiger partial charge in [-0.2, -0.15) is 0 Å². The van der Waals surface area contributed by atoms with Gasteiger partial charge in [-0.25, -0.2) is 0 Å². The van der Waals surface area contributed by atoms with Crippen LogP contribution in [0.5, 0.6) is 0 Å².